The fraction of sp³-hybridized carbons (Fsp3) is 0.833. The van der Waals surface area contributed by atoms with Crippen molar-refractivity contribution in [2.75, 3.05) is 0 Å². The molecule has 1 unspecified atom stereocenters. The summed E-state index contributed by atoms with van der Waals surface area (Å²) < 4.78 is 0. The second kappa shape index (κ2) is 15.6. The van der Waals surface area contributed by atoms with Crippen LogP contribution in [0.4, 0.5) is 0 Å². The Morgan fingerprint density at radius 2 is 1.48 bits per heavy atom. The number of carboxylic acids is 1. The summed E-state index contributed by atoms with van der Waals surface area (Å²) in [7, 11) is 0. The summed E-state index contributed by atoms with van der Waals surface area (Å²) in [5.41, 5.74) is 0. The maximum Gasteiger partial charge on any atom is 0.303 e. The molecule has 0 spiro atoms. The second-order valence-corrected chi connectivity index (χ2v) is 5.90. The van der Waals surface area contributed by atoms with Crippen molar-refractivity contribution in [3.05, 3.63) is 12.2 Å². The van der Waals surface area contributed by atoms with Crippen LogP contribution in [-0.4, -0.2) is 22.3 Å². The van der Waals surface area contributed by atoms with Crippen LogP contribution in [0.1, 0.15) is 90.4 Å². The molecular weight excluding hydrogens is 264 g/mol. The van der Waals surface area contributed by atoms with Gasteiger partial charge in [0.1, 0.15) is 0 Å². The van der Waals surface area contributed by atoms with E-state index < -0.39 is 5.97 Å². The summed E-state index contributed by atoms with van der Waals surface area (Å²) in [5, 5.41) is 18.0. The van der Waals surface area contributed by atoms with Crippen molar-refractivity contribution >= 4 is 5.97 Å². The Morgan fingerprint density at radius 3 is 2.00 bits per heavy atom. The summed E-state index contributed by atoms with van der Waals surface area (Å²) in [4.78, 5) is 10.3. The van der Waals surface area contributed by atoms with Gasteiger partial charge in [-0.2, -0.15) is 0 Å². The zero-order chi connectivity index (χ0) is 15.8. The van der Waals surface area contributed by atoms with Crippen molar-refractivity contribution in [3.63, 3.8) is 0 Å². The summed E-state index contributed by atoms with van der Waals surface area (Å²) >= 11 is 0. The van der Waals surface area contributed by atoms with Crippen LogP contribution in [0.5, 0.6) is 0 Å². The molecular formula is C18H34O3. The van der Waals surface area contributed by atoms with Crippen molar-refractivity contribution in [2.24, 2.45) is 0 Å². The van der Waals surface area contributed by atoms with Crippen molar-refractivity contribution < 1.29 is 15.0 Å². The van der Waals surface area contributed by atoms with Crippen LogP contribution >= 0.6 is 0 Å². The first-order chi connectivity index (χ1) is 10.2. The lowest BCUT2D eigenvalue weighted by atomic mass is 10.1. The molecule has 0 saturated heterocycles. The van der Waals surface area contributed by atoms with E-state index in [2.05, 4.69) is 13.0 Å². The maximum absolute atomic E-state index is 10.3. The van der Waals surface area contributed by atoms with Crippen LogP contribution < -0.4 is 0 Å². The van der Waals surface area contributed by atoms with Crippen LogP contribution in [0.15, 0.2) is 12.2 Å². The molecule has 0 fully saturated rings. The van der Waals surface area contributed by atoms with E-state index in [9.17, 15) is 9.90 Å². The third-order valence-electron chi connectivity index (χ3n) is 3.70. The molecule has 0 aliphatic carbocycles. The van der Waals surface area contributed by atoms with Crippen LogP contribution in [0.25, 0.3) is 0 Å². The summed E-state index contributed by atoms with van der Waals surface area (Å²) in [6.07, 6.45) is 17.7. The number of carbonyl (C=O) groups is 1. The van der Waals surface area contributed by atoms with Crippen LogP contribution in [0, 0.1) is 0 Å². The van der Waals surface area contributed by atoms with Gasteiger partial charge in [-0.3, -0.25) is 4.79 Å². The molecule has 0 radical (unpaired) electrons. The van der Waals surface area contributed by atoms with Crippen LogP contribution in [-0.2, 0) is 4.79 Å². The first-order valence-corrected chi connectivity index (χ1v) is 8.73. The van der Waals surface area contributed by atoms with Gasteiger partial charge in [0.25, 0.3) is 0 Å². The fourth-order valence-electron chi connectivity index (χ4n) is 2.42. The summed E-state index contributed by atoms with van der Waals surface area (Å²) in [5.74, 6) is -0.675. The molecule has 0 aromatic heterocycles. The Hall–Kier alpha value is -0.830. The predicted molar refractivity (Wildman–Crippen MR) is 88.5 cm³/mol. The van der Waals surface area contributed by atoms with Crippen molar-refractivity contribution in [1.82, 2.24) is 0 Å². The fourth-order valence-corrected chi connectivity index (χ4v) is 2.42. The van der Waals surface area contributed by atoms with E-state index in [1.807, 2.05) is 6.08 Å². The lowest BCUT2D eigenvalue weighted by Crippen LogP contribution is -1.99. The van der Waals surface area contributed by atoms with Gasteiger partial charge in [-0.15, -0.1) is 0 Å². The van der Waals surface area contributed by atoms with Gasteiger partial charge in [-0.25, -0.2) is 0 Å². The molecule has 21 heavy (non-hydrogen) atoms. The van der Waals surface area contributed by atoms with Gasteiger partial charge in [0.2, 0.25) is 0 Å². The first-order valence-electron chi connectivity index (χ1n) is 8.73. The number of aliphatic hydroxyl groups is 1. The Balaban J connectivity index is 3.14. The van der Waals surface area contributed by atoms with E-state index in [0.717, 1.165) is 32.1 Å². The normalized spacial score (nSPS) is 12.9. The third-order valence-corrected chi connectivity index (χ3v) is 3.70. The van der Waals surface area contributed by atoms with Gasteiger partial charge in [-0.1, -0.05) is 70.4 Å². The van der Waals surface area contributed by atoms with E-state index in [4.69, 9.17) is 5.11 Å². The Labute approximate surface area is 130 Å². The van der Waals surface area contributed by atoms with Crippen molar-refractivity contribution in [1.29, 1.82) is 0 Å². The molecule has 0 bridgehead atoms. The number of rotatable bonds is 15. The molecule has 3 heteroatoms. The second-order valence-electron chi connectivity index (χ2n) is 5.90. The highest BCUT2D eigenvalue weighted by atomic mass is 16.4. The molecule has 0 aromatic carbocycles. The Kier molecular flexibility index (Phi) is 14.9. The first kappa shape index (κ1) is 20.2. The van der Waals surface area contributed by atoms with Gasteiger partial charge in [0, 0.05) is 6.42 Å². The molecule has 0 amide bonds. The largest absolute Gasteiger partial charge is 0.481 e. The van der Waals surface area contributed by atoms with Gasteiger partial charge in [0.05, 0.1) is 6.10 Å². The molecule has 124 valence electrons. The Morgan fingerprint density at radius 1 is 0.952 bits per heavy atom. The highest BCUT2D eigenvalue weighted by Crippen LogP contribution is 2.11. The standard InChI is InChI=1S/C18H34O3/c1-2-14-17(19)15-12-10-8-6-4-3-5-7-9-11-13-16-18(20)21/h12,15,17,19H,2-11,13-14,16H2,1H3,(H,20,21)/b15-12-. The number of aliphatic hydroxyl groups excluding tert-OH is 1. The molecule has 0 aliphatic heterocycles. The lowest BCUT2D eigenvalue weighted by Gasteiger charge is -2.02. The molecule has 1 atom stereocenters. The van der Waals surface area contributed by atoms with E-state index >= 15 is 0 Å². The molecule has 0 rings (SSSR count). The van der Waals surface area contributed by atoms with E-state index in [0.29, 0.717) is 6.42 Å². The average molecular weight is 298 g/mol. The van der Waals surface area contributed by atoms with E-state index in [-0.39, 0.29) is 6.10 Å². The quantitative estimate of drug-likeness (QED) is 0.327. The van der Waals surface area contributed by atoms with Gasteiger partial charge in [0.15, 0.2) is 0 Å². The number of carboxylic acid groups (broad SMARTS) is 1. The summed E-state index contributed by atoms with van der Waals surface area (Å²) in [6, 6.07) is 0. The molecule has 0 saturated carbocycles. The lowest BCUT2D eigenvalue weighted by molar-refractivity contribution is -0.137. The van der Waals surface area contributed by atoms with Gasteiger partial charge >= 0.3 is 5.97 Å². The zero-order valence-electron chi connectivity index (χ0n) is 13.7. The highest BCUT2D eigenvalue weighted by Gasteiger charge is 1.97. The van der Waals surface area contributed by atoms with Crippen molar-refractivity contribution in [3.8, 4) is 0 Å². The molecule has 0 heterocycles. The van der Waals surface area contributed by atoms with Crippen LogP contribution in [0.2, 0.25) is 0 Å². The van der Waals surface area contributed by atoms with Gasteiger partial charge in [-0.05, 0) is 25.7 Å². The minimum absolute atomic E-state index is 0.254. The molecule has 0 aliphatic rings. The van der Waals surface area contributed by atoms with Crippen molar-refractivity contribution in [2.45, 2.75) is 96.5 Å². The van der Waals surface area contributed by atoms with E-state index in [1.165, 1.54) is 44.9 Å². The monoisotopic (exact) mass is 298 g/mol. The minimum Gasteiger partial charge on any atom is -0.481 e. The molecule has 2 N–H and O–H groups in total. The Bertz CT molecular complexity index is 261. The minimum atomic E-state index is -0.675. The smallest absolute Gasteiger partial charge is 0.303 e. The number of hydrogen-bond donors (Lipinski definition) is 2. The molecule has 0 aromatic rings. The SMILES string of the molecule is CCCC(O)/C=C\CCCCCCCCCCCC(=O)O. The topological polar surface area (TPSA) is 57.5 Å². The number of allylic oxidation sites excluding steroid dienone is 1. The third kappa shape index (κ3) is 17.1. The highest BCUT2D eigenvalue weighted by molar-refractivity contribution is 5.66. The number of unbranched alkanes of at least 4 members (excludes halogenated alkanes) is 9. The molecule has 3 nitrogen and oxygen atoms in total. The average Bonchev–Trinajstić information content (AvgIpc) is 2.44. The van der Waals surface area contributed by atoms with Crippen LogP contribution in [0.3, 0.4) is 0 Å². The summed E-state index contributed by atoms with van der Waals surface area (Å²) in [6.45, 7) is 2.09. The predicted octanol–water partition coefficient (Wildman–Crippen LogP) is 5.08. The number of hydrogen-bond acceptors (Lipinski definition) is 2. The van der Waals surface area contributed by atoms with E-state index in [1.54, 1.807) is 0 Å². The van der Waals surface area contributed by atoms with Gasteiger partial charge < -0.3 is 10.2 Å². The number of aliphatic carboxylic acids is 1. The maximum atomic E-state index is 10.3. The zero-order valence-corrected chi connectivity index (χ0v) is 13.7.